The molecule has 0 saturated heterocycles. The first-order valence-corrected chi connectivity index (χ1v) is 15.8. The first kappa shape index (κ1) is 30.1. The van der Waals surface area contributed by atoms with Crippen LogP contribution in [0.2, 0.25) is 0 Å². The summed E-state index contributed by atoms with van der Waals surface area (Å²) in [5, 5.41) is 21.4. The second-order valence-electron chi connectivity index (χ2n) is 15.3. The van der Waals surface area contributed by atoms with Crippen molar-refractivity contribution in [1.82, 2.24) is 0 Å². The van der Waals surface area contributed by atoms with E-state index in [0.717, 1.165) is 51.7 Å². The highest BCUT2D eigenvalue weighted by Crippen LogP contribution is 2.77. The van der Waals surface area contributed by atoms with Gasteiger partial charge in [0.15, 0.2) is 0 Å². The van der Waals surface area contributed by atoms with Crippen LogP contribution in [0.15, 0.2) is 12.2 Å². The zero-order chi connectivity index (χ0) is 28.3. The number of hydrogen-bond acceptors (Lipinski definition) is 3. The summed E-state index contributed by atoms with van der Waals surface area (Å²) in [7, 11) is 0. The van der Waals surface area contributed by atoms with Gasteiger partial charge in [-0.2, -0.15) is 0 Å². The number of fused-ring (bicyclic) bond motifs is 7. The van der Waals surface area contributed by atoms with Crippen LogP contribution in [-0.4, -0.2) is 35.5 Å². The molecule has 5 fully saturated rings. The van der Waals surface area contributed by atoms with Gasteiger partial charge in [0.1, 0.15) is 0 Å². The minimum Gasteiger partial charge on any atom is -0.481 e. The molecule has 0 aliphatic heterocycles. The topological polar surface area (TPSA) is 66.8 Å². The lowest BCUT2D eigenvalue weighted by atomic mass is 9.32. The van der Waals surface area contributed by atoms with Crippen LogP contribution in [0.5, 0.6) is 0 Å². The quantitative estimate of drug-likeness (QED) is 0.360. The zero-order valence-corrected chi connectivity index (χ0v) is 25.9. The summed E-state index contributed by atoms with van der Waals surface area (Å²) >= 11 is 0. The molecule has 0 amide bonds. The van der Waals surface area contributed by atoms with E-state index in [1.807, 2.05) is 13.8 Å². The van der Waals surface area contributed by atoms with E-state index in [0.29, 0.717) is 23.7 Å². The fraction of sp³-hybridized carbons (Fsp3) is 0.912. The van der Waals surface area contributed by atoms with Crippen LogP contribution < -0.4 is 0 Å². The number of hydrogen-bond donors (Lipinski definition) is 2. The van der Waals surface area contributed by atoms with Gasteiger partial charge in [0.2, 0.25) is 0 Å². The number of aliphatic hydroxyl groups excluding tert-OH is 1. The van der Waals surface area contributed by atoms with Crippen LogP contribution in [0, 0.1) is 56.7 Å². The average molecular weight is 531 g/mol. The molecular formula is C34H58O4. The predicted molar refractivity (Wildman–Crippen MR) is 155 cm³/mol. The number of carbonyl (C=O) groups is 1. The number of aliphatic hydroxyl groups is 1. The molecule has 0 aromatic rings. The Morgan fingerprint density at radius 1 is 0.842 bits per heavy atom. The highest BCUT2D eigenvalue weighted by Gasteiger charge is 2.71. The molecule has 0 bridgehead atoms. The molecule has 218 valence electrons. The van der Waals surface area contributed by atoms with Crippen molar-refractivity contribution in [2.45, 2.75) is 126 Å². The van der Waals surface area contributed by atoms with Gasteiger partial charge < -0.3 is 14.9 Å². The van der Waals surface area contributed by atoms with Crippen molar-refractivity contribution in [2.24, 2.45) is 56.7 Å². The fourth-order valence-corrected chi connectivity index (χ4v) is 11.7. The Morgan fingerprint density at radius 2 is 1.50 bits per heavy atom. The van der Waals surface area contributed by atoms with E-state index in [1.54, 1.807) is 0 Å². The zero-order valence-electron chi connectivity index (χ0n) is 25.9. The molecule has 0 spiro atoms. The van der Waals surface area contributed by atoms with E-state index in [2.05, 4.69) is 48.1 Å². The lowest BCUT2D eigenvalue weighted by molar-refractivity contribution is -0.248. The summed E-state index contributed by atoms with van der Waals surface area (Å²) in [5.74, 6) is 1.79. The third kappa shape index (κ3) is 4.08. The Balaban J connectivity index is 0.000000617. The maximum Gasteiger partial charge on any atom is 0.309 e. The molecule has 5 aliphatic rings. The van der Waals surface area contributed by atoms with Gasteiger partial charge >= 0.3 is 5.97 Å². The summed E-state index contributed by atoms with van der Waals surface area (Å²) in [4.78, 5) is 12.8. The summed E-state index contributed by atoms with van der Waals surface area (Å²) in [6.45, 7) is 24.5. The van der Waals surface area contributed by atoms with E-state index in [-0.39, 0.29) is 33.7 Å². The number of rotatable bonds is 4. The van der Waals surface area contributed by atoms with Crippen LogP contribution in [0.4, 0.5) is 0 Å². The Morgan fingerprint density at radius 3 is 2.05 bits per heavy atom. The number of carboxylic acid groups (broad SMARTS) is 1. The Kier molecular flexibility index (Phi) is 8.08. The molecule has 38 heavy (non-hydrogen) atoms. The SMILES string of the molecule is C=C(C)[C@@H]1CC[C@]2(C(=O)O)CC[C@]3(C)[C@H](CC[C@@H]4[C@@]5(C)CC[C@H](O)C(C)(C)[C@@H]5CC[C@]43C)[C@@H]12.CCOCC. The molecule has 0 aromatic heterocycles. The largest absolute Gasteiger partial charge is 0.481 e. The molecule has 2 N–H and O–H groups in total. The number of allylic oxidation sites excluding steroid dienone is 1. The van der Waals surface area contributed by atoms with Crippen LogP contribution in [0.3, 0.4) is 0 Å². The van der Waals surface area contributed by atoms with Gasteiger partial charge in [0.05, 0.1) is 11.5 Å². The van der Waals surface area contributed by atoms with Gasteiger partial charge in [-0.3, -0.25) is 4.79 Å². The highest BCUT2D eigenvalue weighted by atomic mass is 16.5. The predicted octanol–water partition coefficient (Wildman–Crippen LogP) is 8.13. The molecule has 4 heteroatoms. The summed E-state index contributed by atoms with van der Waals surface area (Å²) in [6, 6.07) is 0. The molecule has 0 radical (unpaired) electrons. The van der Waals surface area contributed by atoms with Crippen LogP contribution in [0.1, 0.15) is 120 Å². The van der Waals surface area contributed by atoms with Crippen LogP contribution in [-0.2, 0) is 9.53 Å². The van der Waals surface area contributed by atoms with Crippen molar-refractivity contribution in [3.63, 3.8) is 0 Å². The Bertz CT molecular complexity index is 908. The average Bonchev–Trinajstić information content (AvgIpc) is 3.25. The normalized spacial score (nSPS) is 48.9. The van der Waals surface area contributed by atoms with Crippen molar-refractivity contribution >= 4 is 5.97 Å². The third-order valence-corrected chi connectivity index (χ3v) is 13.9. The lowest BCUT2D eigenvalue weighted by Crippen LogP contribution is -2.67. The fourth-order valence-electron chi connectivity index (χ4n) is 11.7. The van der Waals surface area contributed by atoms with Gasteiger partial charge in [0.25, 0.3) is 0 Å². The Labute approximate surface area is 233 Å². The molecule has 5 aliphatic carbocycles. The molecule has 5 saturated carbocycles. The molecular weight excluding hydrogens is 472 g/mol. The van der Waals surface area contributed by atoms with Crippen molar-refractivity contribution in [1.29, 1.82) is 0 Å². The summed E-state index contributed by atoms with van der Waals surface area (Å²) < 4.78 is 4.83. The van der Waals surface area contributed by atoms with Crippen molar-refractivity contribution in [3.8, 4) is 0 Å². The first-order valence-electron chi connectivity index (χ1n) is 15.8. The molecule has 0 unspecified atom stereocenters. The smallest absolute Gasteiger partial charge is 0.309 e. The standard InChI is InChI=1S/C30H48O3.C4H10O/c1-18(2)19-10-15-30(25(32)33)17-16-28(6)20(24(19)30)8-9-22-27(5)13-12-23(31)26(3,4)21(27)11-14-29(22,28)7;1-3-5-4-2/h19-24,31H,1,8-17H2,2-7H3,(H,32,33);3-4H2,1-2H3/t19-,20+,21-,22+,23-,24+,27-,28+,29+,30-;/m0./s1. The van der Waals surface area contributed by atoms with E-state index < -0.39 is 11.4 Å². The van der Waals surface area contributed by atoms with E-state index in [4.69, 9.17) is 4.74 Å². The van der Waals surface area contributed by atoms with Gasteiger partial charge in [0, 0.05) is 13.2 Å². The molecule has 5 rings (SSSR count). The Hall–Kier alpha value is -0.870. The maximum atomic E-state index is 12.8. The minimum atomic E-state index is -0.538. The molecule has 0 heterocycles. The molecule has 4 nitrogen and oxygen atoms in total. The summed E-state index contributed by atoms with van der Waals surface area (Å²) in [6.07, 6.45) is 10.5. The van der Waals surface area contributed by atoms with E-state index in [9.17, 15) is 15.0 Å². The highest BCUT2D eigenvalue weighted by molar-refractivity contribution is 5.76. The first-order chi connectivity index (χ1) is 17.7. The van der Waals surface area contributed by atoms with Gasteiger partial charge in [-0.1, -0.05) is 46.8 Å². The maximum absolute atomic E-state index is 12.8. The second-order valence-corrected chi connectivity index (χ2v) is 15.3. The van der Waals surface area contributed by atoms with E-state index >= 15 is 0 Å². The van der Waals surface area contributed by atoms with Gasteiger partial charge in [-0.05, 0) is 136 Å². The van der Waals surface area contributed by atoms with Crippen molar-refractivity contribution < 1.29 is 19.7 Å². The number of aliphatic carboxylic acids is 1. The van der Waals surface area contributed by atoms with Crippen molar-refractivity contribution in [3.05, 3.63) is 12.2 Å². The number of ether oxygens (including phenoxy) is 1. The third-order valence-electron chi connectivity index (χ3n) is 13.9. The lowest BCUT2D eigenvalue weighted by Gasteiger charge is -2.72. The minimum absolute atomic E-state index is 0.0202. The summed E-state index contributed by atoms with van der Waals surface area (Å²) in [5.41, 5.74) is 1.35. The second kappa shape index (κ2) is 10.2. The monoisotopic (exact) mass is 530 g/mol. The molecule has 10 atom stereocenters. The number of carboxylic acids is 1. The van der Waals surface area contributed by atoms with E-state index in [1.165, 1.54) is 31.3 Å². The van der Waals surface area contributed by atoms with Gasteiger partial charge in [-0.25, -0.2) is 0 Å². The van der Waals surface area contributed by atoms with Crippen LogP contribution in [0.25, 0.3) is 0 Å². The van der Waals surface area contributed by atoms with Crippen molar-refractivity contribution in [2.75, 3.05) is 13.2 Å². The van der Waals surface area contributed by atoms with Gasteiger partial charge in [-0.15, -0.1) is 0 Å². The molecule has 0 aromatic carbocycles. The van der Waals surface area contributed by atoms with Crippen LogP contribution >= 0.6 is 0 Å².